The predicted octanol–water partition coefficient (Wildman–Crippen LogP) is 4.29. The molecule has 1 unspecified atom stereocenters. The van der Waals surface area contributed by atoms with E-state index in [1.807, 2.05) is 0 Å². The Labute approximate surface area is 133 Å². The van der Waals surface area contributed by atoms with Crippen LogP contribution in [0.3, 0.4) is 0 Å². The fraction of sp³-hybridized carbons (Fsp3) is 0.647. The van der Waals surface area contributed by atoms with Crippen LogP contribution in [-0.2, 0) is 6.54 Å². The molecule has 1 aromatic rings. The molecule has 0 amide bonds. The van der Waals surface area contributed by atoms with E-state index in [9.17, 15) is 0 Å². The smallest absolute Gasteiger partial charge is 0.0244 e. The molecule has 0 aliphatic heterocycles. The Morgan fingerprint density at radius 2 is 1.70 bits per heavy atom. The minimum atomic E-state index is 0.172. The van der Waals surface area contributed by atoms with Crippen molar-refractivity contribution in [1.82, 2.24) is 10.2 Å². The Kier molecular flexibility index (Phi) is 6.70. The van der Waals surface area contributed by atoms with E-state index < -0.39 is 0 Å². The molecule has 0 saturated carbocycles. The van der Waals surface area contributed by atoms with E-state index >= 15 is 0 Å². The van der Waals surface area contributed by atoms with E-state index in [1.165, 1.54) is 5.56 Å². The third-order valence-corrected chi connectivity index (χ3v) is 4.05. The van der Waals surface area contributed by atoms with Gasteiger partial charge < -0.3 is 5.32 Å². The van der Waals surface area contributed by atoms with E-state index in [4.69, 9.17) is 0 Å². The molecule has 0 fully saturated rings. The Balaban J connectivity index is 2.64. The zero-order valence-corrected chi connectivity index (χ0v) is 15.3. The van der Waals surface area contributed by atoms with Crippen LogP contribution in [0.15, 0.2) is 28.7 Å². The van der Waals surface area contributed by atoms with Crippen LogP contribution in [0.5, 0.6) is 0 Å². The SMILES string of the molecule is CC(C)C(CNC(C)(C)C)N(C)Cc1ccc(Br)cc1. The summed E-state index contributed by atoms with van der Waals surface area (Å²) in [6.45, 7) is 13.3. The Bertz CT molecular complexity index is 392. The molecule has 0 aromatic heterocycles. The van der Waals surface area contributed by atoms with Crippen molar-refractivity contribution in [2.75, 3.05) is 13.6 Å². The van der Waals surface area contributed by atoms with Crippen LogP contribution in [0, 0.1) is 5.92 Å². The van der Waals surface area contributed by atoms with Crippen molar-refractivity contribution in [3.63, 3.8) is 0 Å². The van der Waals surface area contributed by atoms with Crippen molar-refractivity contribution >= 4 is 15.9 Å². The van der Waals surface area contributed by atoms with Gasteiger partial charge in [-0.15, -0.1) is 0 Å². The number of halogens is 1. The molecule has 1 rings (SSSR count). The van der Waals surface area contributed by atoms with Crippen LogP contribution in [0.25, 0.3) is 0 Å². The maximum atomic E-state index is 3.63. The van der Waals surface area contributed by atoms with Crippen LogP contribution in [0.4, 0.5) is 0 Å². The normalized spacial score (nSPS) is 14.1. The van der Waals surface area contributed by atoms with Gasteiger partial charge in [-0.3, -0.25) is 4.90 Å². The fourth-order valence-corrected chi connectivity index (χ4v) is 2.57. The molecule has 0 radical (unpaired) electrons. The molecule has 0 bridgehead atoms. The van der Waals surface area contributed by atoms with Gasteiger partial charge in [0.1, 0.15) is 0 Å². The van der Waals surface area contributed by atoms with Crippen molar-refractivity contribution in [2.45, 2.75) is 52.7 Å². The van der Waals surface area contributed by atoms with Gasteiger partial charge in [0.15, 0.2) is 0 Å². The summed E-state index contributed by atoms with van der Waals surface area (Å²) in [6.07, 6.45) is 0. The lowest BCUT2D eigenvalue weighted by Gasteiger charge is -2.34. The van der Waals surface area contributed by atoms with E-state index in [-0.39, 0.29) is 5.54 Å². The minimum absolute atomic E-state index is 0.172. The summed E-state index contributed by atoms with van der Waals surface area (Å²) in [6, 6.07) is 9.14. The predicted molar refractivity (Wildman–Crippen MR) is 92.0 cm³/mol. The summed E-state index contributed by atoms with van der Waals surface area (Å²) in [4.78, 5) is 2.45. The lowest BCUT2D eigenvalue weighted by Crippen LogP contribution is -2.48. The Morgan fingerprint density at radius 1 is 1.15 bits per heavy atom. The van der Waals surface area contributed by atoms with Gasteiger partial charge in [-0.25, -0.2) is 0 Å². The lowest BCUT2D eigenvalue weighted by molar-refractivity contribution is 0.169. The average molecular weight is 341 g/mol. The van der Waals surface area contributed by atoms with Gasteiger partial charge in [0, 0.05) is 29.1 Å². The molecule has 1 N–H and O–H groups in total. The second kappa shape index (κ2) is 7.58. The molecule has 0 aliphatic carbocycles. The van der Waals surface area contributed by atoms with Gasteiger partial charge >= 0.3 is 0 Å². The second-order valence-electron chi connectivity index (χ2n) is 6.98. The molecule has 114 valence electrons. The standard InChI is InChI=1S/C17H29BrN2/c1-13(2)16(11-19-17(3,4)5)20(6)12-14-7-9-15(18)10-8-14/h7-10,13,16,19H,11-12H2,1-6H3. The zero-order chi connectivity index (χ0) is 15.3. The third-order valence-electron chi connectivity index (χ3n) is 3.52. The molecule has 0 saturated heterocycles. The van der Waals surface area contributed by atoms with Gasteiger partial charge in [0.2, 0.25) is 0 Å². The van der Waals surface area contributed by atoms with Gasteiger partial charge in [0.05, 0.1) is 0 Å². The first-order chi connectivity index (χ1) is 9.19. The molecule has 3 heteroatoms. The molecule has 1 atom stereocenters. The number of nitrogens with one attached hydrogen (secondary N) is 1. The number of rotatable bonds is 6. The maximum absolute atomic E-state index is 3.63. The summed E-state index contributed by atoms with van der Waals surface area (Å²) >= 11 is 3.49. The molecular formula is C17H29BrN2. The molecule has 1 aromatic carbocycles. The van der Waals surface area contributed by atoms with Crippen LogP contribution in [-0.4, -0.2) is 30.1 Å². The summed E-state index contributed by atoms with van der Waals surface area (Å²) in [5.74, 6) is 0.630. The number of benzene rings is 1. The lowest BCUT2D eigenvalue weighted by atomic mass is 10.00. The van der Waals surface area contributed by atoms with Crippen molar-refractivity contribution in [2.24, 2.45) is 5.92 Å². The highest BCUT2D eigenvalue weighted by Gasteiger charge is 2.21. The molecule has 0 spiro atoms. The average Bonchev–Trinajstić information content (AvgIpc) is 2.30. The Hall–Kier alpha value is -0.380. The van der Waals surface area contributed by atoms with E-state index in [2.05, 4.69) is 92.1 Å². The van der Waals surface area contributed by atoms with Crippen LogP contribution >= 0.6 is 15.9 Å². The second-order valence-corrected chi connectivity index (χ2v) is 7.90. The summed E-state index contributed by atoms with van der Waals surface area (Å²) in [7, 11) is 2.22. The van der Waals surface area contributed by atoms with Crippen molar-refractivity contribution in [1.29, 1.82) is 0 Å². The Morgan fingerprint density at radius 3 is 2.15 bits per heavy atom. The van der Waals surface area contributed by atoms with Crippen molar-refractivity contribution in [3.8, 4) is 0 Å². The largest absolute Gasteiger partial charge is 0.311 e. The number of hydrogen-bond acceptors (Lipinski definition) is 2. The monoisotopic (exact) mass is 340 g/mol. The highest BCUT2D eigenvalue weighted by Crippen LogP contribution is 2.16. The van der Waals surface area contributed by atoms with Gasteiger partial charge in [0.25, 0.3) is 0 Å². The quantitative estimate of drug-likeness (QED) is 0.830. The van der Waals surface area contributed by atoms with Crippen molar-refractivity contribution in [3.05, 3.63) is 34.3 Å². The third kappa shape index (κ3) is 6.38. The maximum Gasteiger partial charge on any atom is 0.0244 e. The number of hydrogen-bond donors (Lipinski definition) is 1. The molecule has 20 heavy (non-hydrogen) atoms. The molecule has 0 heterocycles. The first-order valence-corrected chi connectivity index (χ1v) is 8.18. The van der Waals surface area contributed by atoms with E-state index in [0.29, 0.717) is 12.0 Å². The topological polar surface area (TPSA) is 15.3 Å². The highest BCUT2D eigenvalue weighted by atomic mass is 79.9. The van der Waals surface area contributed by atoms with Crippen LogP contribution in [0.1, 0.15) is 40.2 Å². The van der Waals surface area contributed by atoms with Crippen molar-refractivity contribution < 1.29 is 0 Å². The summed E-state index contributed by atoms with van der Waals surface area (Å²) in [5, 5.41) is 3.63. The van der Waals surface area contributed by atoms with E-state index in [0.717, 1.165) is 17.6 Å². The highest BCUT2D eigenvalue weighted by molar-refractivity contribution is 9.10. The van der Waals surface area contributed by atoms with Gasteiger partial charge in [-0.05, 0) is 51.4 Å². The van der Waals surface area contributed by atoms with Gasteiger partial charge in [-0.2, -0.15) is 0 Å². The zero-order valence-electron chi connectivity index (χ0n) is 13.7. The minimum Gasteiger partial charge on any atom is -0.311 e. The molecule has 0 aliphatic rings. The summed E-state index contributed by atoms with van der Waals surface area (Å²) in [5.41, 5.74) is 1.53. The van der Waals surface area contributed by atoms with E-state index in [1.54, 1.807) is 0 Å². The first-order valence-electron chi connectivity index (χ1n) is 7.39. The number of nitrogens with zero attached hydrogens (tertiary/aromatic N) is 1. The van der Waals surface area contributed by atoms with Gasteiger partial charge in [-0.1, -0.05) is 41.9 Å². The molecule has 2 nitrogen and oxygen atoms in total. The number of likely N-dealkylation sites (N-methyl/N-ethyl adjacent to an activating group) is 1. The first kappa shape index (κ1) is 17.7. The molecular weight excluding hydrogens is 312 g/mol. The van der Waals surface area contributed by atoms with Crippen LogP contribution < -0.4 is 5.32 Å². The van der Waals surface area contributed by atoms with Crippen LogP contribution in [0.2, 0.25) is 0 Å². The summed E-state index contributed by atoms with van der Waals surface area (Å²) < 4.78 is 1.14. The fourth-order valence-electron chi connectivity index (χ4n) is 2.31.